The van der Waals surface area contributed by atoms with E-state index in [4.69, 9.17) is 17.0 Å². The molecule has 0 aliphatic heterocycles. The Morgan fingerprint density at radius 3 is 2.91 bits per heavy atom. The number of ether oxygens (including phenoxy) is 1. The van der Waals surface area contributed by atoms with Crippen LogP contribution in [0.25, 0.3) is 0 Å². The Morgan fingerprint density at radius 1 is 1.64 bits per heavy atom. The fraction of sp³-hybridized carbons (Fsp3) is 0.444. The second kappa shape index (κ2) is 2.18. The molecule has 2 rings (SSSR count). The Labute approximate surface area is 71.7 Å². The molecule has 0 atom stereocenters. The van der Waals surface area contributed by atoms with Gasteiger partial charge in [-0.3, -0.25) is 0 Å². The summed E-state index contributed by atoms with van der Waals surface area (Å²) >= 11 is 5.07. The predicted molar refractivity (Wildman–Crippen MR) is 48.5 cm³/mol. The standard InChI is InChI=1S/C9H10OS/c1-10-8(11)7-3-2-4-9(7)5-6-9/h2-4H,5-6H2,1H3. The molecule has 1 saturated carbocycles. The summed E-state index contributed by atoms with van der Waals surface area (Å²) < 4.78 is 5.03. The van der Waals surface area contributed by atoms with Gasteiger partial charge in [-0.2, -0.15) is 0 Å². The summed E-state index contributed by atoms with van der Waals surface area (Å²) in [7, 11) is 1.64. The van der Waals surface area contributed by atoms with Crippen LogP contribution in [0.1, 0.15) is 12.8 Å². The molecule has 0 aromatic heterocycles. The van der Waals surface area contributed by atoms with E-state index < -0.39 is 0 Å². The molecule has 0 N–H and O–H groups in total. The van der Waals surface area contributed by atoms with Crippen molar-refractivity contribution in [2.24, 2.45) is 5.41 Å². The molecule has 0 aromatic rings. The van der Waals surface area contributed by atoms with Crippen LogP contribution in [0.4, 0.5) is 0 Å². The van der Waals surface area contributed by atoms with E-state index in [1.165, 1.54) is 18.4 Å². The maximum atomic E-state index is 5.07. The highest BCUT2D eigenvalue weighted by atomic mass is 32.1. The summed E-state index contributed by atoms with van der Waals surface area (Å²) in [6.45, 7) is 0. The minimum absolute atomic E-state index is 0.299. The van der Waals surface area contributed by atoms with E-state index >= 15 is 0 Å². The molecular weight excluding hydrogens is 156 g/mol. The normalized spacial score (nSPS) is 23.5. The molecule has 2 heteroatoms. The third kappa shape index (κ3) is 0.932. The number of thiocarbonyl (C=S) groups is 1. The van der Waals surface area contributed by atoms with Gasteiger partial charge in [0.25, 0.3) is 0 Å². The molecule has 0 radical (unpaired) electrons. The van der Waals surface area contributed by atoms with Crippen LogP contribution in [0.3, 0.4) is 0 Å². The van der Waals surface area contributed by atoms with E-state index in [1.54, 1.807) is 7.11 Å². The molecule has 1 nitrogen and oxygen atoms in total. The predicted octanol–water partition coefficient (Wildman–Crippen LogP) is 2.24. The van der Waals surface area contributed by atoms with Crippen LogP contribution in [0.2, 0.25) is 0 Å². The van der Waals surface area contributed by atoms with Crippen molar-refractivity contribution in [1.82, 2.24) is 0 Å². The number of methoxy groups -OCH3 is 1. The molecule has 0 aromatic carbocycles. The highest BCUT2D eigenvalue weighted by Gasteiger charge is 2.46. The molecular formula is C9H10OS. The molecule has 0 saturated heterocycles. The molecule has 58 valence electrons. The molecule has 1 spiro atoms. The Morgan fingerprint density at radius 2 is 2.36 bits per heavy atom. The van der Waals surface area contributed by atoms with Crippen LogP contribution in [-0.2, 0) is 4.74 Å². The lowest BCUT2D eigenvalue weighted by Crippen LogP contribution is -2.09. The number of hydrogen-bond donors (Lipinski definition) is 0. The lowest BCUT2D eigenvalue weighted by Gasteiger charge is -2.10. The Hall–Kier alpha value is -0.630. The van der Waals surface area contributed by atoms with Crippen LogP contribution in [0.15, 0.2) is 23.8 Å². The quantitative estimate of drug-likeness (QED) is 0.552. The van der Waals surface area contributed by atoms with Crippen LogP contribution >= 0.6 is 12.2 Å². The van der Waals surface area contributed by atoms with Gasteiger partial charge in [-0.15, -0.1) is 0 Å². The fourth-order valence-electron chi connectivity index (χ4n) is 1.54. The highest BCUT2D eigenvalue weighted by Crippen LogP contribution is 2.55. The third-order valence-electron chi connectivity index (χ3n) is 2.41. The van der Waals surface area contributed by atoms with Crippen LogP contribution in [0, 0.1) is 5.41 Å². The van der Waals surface area contributed by atoms with Gasteiger partial charge in [0.1, 0.15) is 0 Å². The van der Waals surface area contributed by atoms with Gasteiger partial charge in [0.05, 0.1) is 7.11 Å². The monoisotopic (exact) mass is 166 g/mol. The maximum Gasteiger partial charge on any atom is 0.187 e. The first-order valence-electron chi connectivity index (χ1n) is 3.77. The van der Waals surface area contributed by atoms with Crippen LogP contribution in [0.5, 0.6) is 0 Å². The summed E-state index contributed by atoms with van der Waals surface area (Å²) in [4.78, 5) is 0. The highest BCUT2D eigenvalue weighted by molar-refractivity contribution is 7.80. The molecule has 0 heterocycles. The van der Waals surface area contributed by atoms with Gasteiger partial charge >= 0.3 is 0 Å². The largest absolute Gasteiger partial charge is 0.486 e. The SMILES string of the molecule is COC(=S)C1=CC=CC12CC2. The van der Waals surface area contributed by atoms with Gasteiger partial charge in [-0.1, -0.05) is 18.2 Å². The minimum atomic E-state index is 0.299. The fourth-order valence-corrected chi connectivity index (χ4v) is 1.81. The van der Waals surface area contributed by atoms with Gasteiger partial charge in [0, 0.05) is 11.0 Å². The summed E-state index contributed by atoms with van der Waals surface area (Å²) in [5, 5.41) is 0.660. The first kappa shape index (κ1) is 7.04. The lowest BCUT2D eigenvalue weighted by molar-refractivity contribution is 0.410. The van der Waals surface area contributed by atoms with Crippen LogP contribution < -0.4 is 0 Å². The van der Waals surface area contributed by atoms with Gasteiger partial charge in [-0.25, -0.2) is 0 Å². The summed E-state index contributed by atoms with van der Waals surface area (Å²) in [6, 6.07) is 0. The smallest absolute Gasteiger partial charge is 0.187 e. The van der Waals surface area contributed by atoms with Crippen molar-refractivity contribution in [2.75, 3.05) is 7.11 Å². The van der Waals surface area contributed by atoms with E-state index in [1.807, 2.05) is 0 Å². The molecule has 0 unspecified atom stereocenters. The first-order chi connectivity index (χ1) is 5.28. The van der Waals surface area contributed by atoms with Gasteiger partial charge in [0.2, 0.25) is 0 Å². The molecule has 0 amide bonds. The van der Waals surface area contributed by atoms with Gasteiger partial charge < -0.3 is 4.74 Å². The van der Waals surface area contributed by atoms with Crippen molar-refractivity contribution >= 4 is 17.3 Å². The van der Waals surface area contributed by atoms with E-state index in [0.29, 0.717) is 10.5 Å². The Kier molecular flexibility index (Phi) is 1.39. The Balaban J connectivity index is 2.23. The topological polar surface area (TPSA) is 9.23 Å². The van der Waals surface area contributed by atoms with Gasteiger partial charge in [0.15, 0.2) is 5.05 Å². The molecule has 2 aliphatic carbocycles. The van der Waals surface area contributed by atoms with Crippen molar-refractivity contribution in [2.45, 2.75) is 12.8 Å². The zero-order valence-electron chi connectivity index (χ0n) is 6.46. The van der Waals surface area contributed by atoms with Crippen molar-refractivity contribution in [3.05, 3.63) is 23.8 Å². The molecule has 1 fully saturated rings. The van der Waals surface area contributed by atoms with Crippen molar-refractivity contribution in [1.29, 1.82) is 0 Å². The maximum absolute atomic E-state index is 5.07. The zero-order valence-corrected chi connectivity index (χ0v) is 7.28. The molecule has 11 heavy (non-hydrogen) atoms. The van der Waals surface area contributed by atoms with Gasteiger partial charge in [-0.05, 0) is 25.1 Å². The molecule has 2 aliphatic rings. The second-order valence-electron chi connectivity index (χ2n) is 3.09. The summed E-state index contributed by atoms with van der Waals surface area (Å²) in [5.41, 5.74) is 1.50. The van der Waals surface area contributed by atoms with Crippen molar-refractivity contribution in [3.8, 4) is 0 Å². The van der Waals surface area contributed by atoms with E-state index in [0.717, 1.165) is 0 Å². The van der Waals surface area contributed by atoms with E-state index in [9.17, 15) is 0 Å². The van der Waals surface area contributed by atoms with E-state index in [2.05, 4.69) is 18.2 Å². The first-order valence-corrected chi connectivity index (χ1v) is 4.18. The van der Waals surface area contributed by atoms with Crippen molar-refractivity contribution in [3.63, 3.8) is 0 Å². The number of allylic oxidation sites excluding steroid dienone is 3. The second-order valence-corrected chi connectivity index (χ2v) is 3.46. The minimum Gasteiger partial charge on any atom is -0.486 e. The molecule has 0 bridgehead atoms. The summed E-state index contributed by atoms with van der Waals surface area (Å²) in [5.74, 6) is 0. The summed E-state index contributed by atoms with van der Waals surface area (Å²) in [6.07, 6.45) is 8.85. The average molecular weight is 166 g/mol. The van der Waals surface area contributed by atoms with E-state index in [-0.39, 0.29) is 0 Å². The zero-order chi connectivity index (χ0) is 7.90. The van der Waals surface area contributed by atoms with Crippen molar-refractivity contribution < 1.29 is 4.74 Å². The lowest BCUT2D eigenvalue weighted by atomic mass is 10.0. The number of hydrogen-bond acceptors (Lipinski definition) is 2. The number of rotatable bonds is 1. The third-order valence-corrected chi connectivity index (χ3v) is 2.80. The Bertz CT molecular complexity index is 259. The van der Waals surface area contributed by atoms with Crippen LogP contribution in [-0.4, -0.2) is 12.2 Å². The average Bonchev–Trinajstić information content (AvgIpc) is 2.63.